The van der Waals surface area contributed by atoms with Crippen molar-refractivity contribution in [3.63, 3.8) is 0 Å². The van der Waals surface area contributed by atoms with Crippen molar-refractivity contribution >= 4 is 41.0 Å². The van der Waals surface area contributed by atoms with E-state index in [-0.39, 0.29) is 30.7 Å². The quantitative estimate of drug-likeness (QED) is 0.421. The van der Waals surface area contributed by atoms with Gasteiger partial charge in [-0.1, -0.05) is 18.2 Å². The molecule has 35 heavy (non-hydrogen) atoms. The number of esters is 1. The number of hydrogen-bond donors (Lipinski definition) is 3. The highest BCUT2D eigenvalue weighted by atomic mass is 16.5. The number of imide groups is 1. The maximum atomic E-state index is 13.8. The summed E-state index contributed by atoms with van der Waals surface area (Å²) in [6, 6.07) is 12.2. The van der Waals surface area contributed by atoms with Gasteiger partial charge in [0, 0.05) is 23.7 Å². The fourth-order valence-corrected chi connectivity index (χ4v) is 5.50. The number of carboxylic acids is 1. The first-order valence-corrected chi connectivity index (χ1v) is 11.3. The number of nitrogens with one attached hydrogen (secondary N) is 2. The average Bonchev–Trinajstić information content (AvgIpc) is 3.42. The van der Waals surface area contributed by atoms with Gasteiger partial charge in [-0.2, -0.15) is 0 Å². The summed E-state index contributed by atoms with van der Waals surface area (Å²) >= 11 is 0. The molecule has 180 valence electrons. The first kappa shape index (κ1) is 22.7. The van der Waals surface area contributed by atoms with Crippen LogP contribution in [0.3, 0.4) is 0 Å². The zero-order valence-corrected chi connectivity index (χ0v) is 18.8. The Kier molecular flexibility index (Phi) is 5.40. The number of benzene rings is 2. The molecular formula is C25H23N3O7. The van der Waals surface area contributed by atoms with Gasteiger partial charge in [0.1, 0.15) is 5.54 Å². The number of amides is 3. The highest BCUT2D eigenvalue weighted by molar-refractivity contribution is 6.25. The molecule has 3 amide bonds. The van der Waals surface area contributed by atoms with E-state index in [1.807, 2.05) is 0 Å². The van der Waals surface area contributed by atoms with Crippen molar-refractivity contribution in [2.24, 2.45) is 11.8 Å². The SMILES string of the molecule is CCOC(=O)c1ccc(N2C(=O)[C@H]3[C@H](CCC(=O)O)N[C@]4(C(=O)Nc5ccccc54)[C@@H]3C2=O)cc1. The summed E-state index contributed by atoms with van der Waals surface area (Å²) in [6.45, 7) is 1.90. The lowest BCUT2D eigenvalue weighted by atomic mass is 9.76. The number of nitrogens with zero attached hydrogens (tertiary/aromatic N) is 1. The Morgan fingerprint density at radius 1 is 1.06 bits per heavy atom. The van der Waals surface area contributed by atoms with Crippen LogP contribution in [0.5, 0.6) is 0 Å². The zero-order valence-electron chi connectivity index (χ0n) is 18.8. The maximum Gasteiger partial charge on any atom is 0.338 e. The van der Waals surface area contributed by atoms with Gasteiger partial charge >= 0.3 is 11.9 Å². The van der Waals surface area contributed by atoms with Crippen LogP contribution >= 0.6 is 0 Å². The molecule has 5 rings (SSSR count). The zero-order chi connectivity index (χ0) is 24.9. The smallest absolute Gasteiger partial charge is 0.338 e. The van der Waals surface area contributed by atoms with E-state index < -0.39 is 53.1 Å². The van der Waals surface area contributed by atoms with Gasteiger partial charge in [0.25, 0.3) is 0 Å². The van der Waals surface area contributed by atoms with Crippen LogP contribution in [0.2, 0.25) is 0 Å². The number of ether oxygens (including phenoxy) is 1. The Hall–Kier alpha value is -4.05. The summed E-state index contributed by atoms with van der Waals surface area (Å²) in [5.41, 5.74) is 0.146. The van der Waals surface area contributed by atoms with Gasteiger partial charge < -0.3 is 15.2 Å². The van der Waals surface area contributed by atoms with Gasteiger partial charge in [-0.15, -0.1) is 0 Å². The Bertz CT molecular complexity index is 1260. The monoisotopic (exact) mass is 477 g/mol. The minimum Gasteiger partial charge on any atom is -0.481 e. The molecule has 0 bridgehead atoms. The molecule has 2 saturated heterocycles. The molecule has 0 saturated carbocycles. The molecule has 3 N–H and O–H groups in total. The van der Waals surface area contributed by atoms with Gasteiger partial charge in [0.15, 0.2) is 0 Å². The van der Waals surface area contributed by atoms with Crippen molar-refractivity contribution in [3.8, 4) is 0 Å². The maximum absolute atomic E-state index is 13.8. The number of rotatable bonds is 6. The number of carbonyl (C=O) groups is 5. The molecule has 4 atom stereocenters. The number of hydrogen-bond acceptors (Lipinski definition) is 7. The topological polar surface area (TPSA) is 142 Å². The molecule has 0 aliphatic carbocycles. The Balaban J connectivity index is 1.56. The number of anilines is 2. The van der Waals surface area contributed by atoms with Crippen LogP contribution in [-0.2, 0) is 29.5 Å². The first-order valence-electron chi connectivity index (χ1n) is 11.3. The summed E-state index contributed by atoms with van der Waals surface area (Å²) < 4.78 is 4.98. The molecule has 2 aromatic carbocycles. The Labute approximate surface area is 200 Å². The van der Waals surface area contributed by atoms with Crippen molar-refractivity contribution in [1.29, 1.82) is 0 Å². The van der Waals surface area contributed by atoms with E-state index in [1.54, 1.807) is 31.2 Å². The van der Waals surface area contributed by atoms with E-state index >= 15 is 0 Å². The van der Waals surface area contributed by atoms with E-state index in [9.17, 15) is 29.1 Å². The Morgan fingerprint density at radius 3 is 2.46 bits per heavy atom. The molecule has 2 aromatic rings. The molecule has 10 nitrogen and oxygen atoms in total. The summed E-state index contributed by atoms with van der Waals surface area (Å²) in [6.07, 6.45) is -0.154. The summed E-state index contributed by atoms with van der Waals surface area (Å²) in [7, 11) is 0. The minimum absolute atomic E-state index is 0.0718. The van der Waals surface area contributed by atoms with Gasteiger partial charge in [0.05, 0.1) is 29.7 Å². The lowest BCUT2D eigenvalue weighted by Crippen LogP contribution is -2.53. The molecule has 1 spiro atoms. The molecule has 3 heterocycles. The van der Waals surface area contributed by atoms with E-state index in [2.05, 4.69) is 10.6 Å². The van der Waals surface area contributed by atoms with E-state index in [0.717, 1.165) is 4.90 Å². The van der Waals surface area contributed by atoms with Crippen molar-refractivity contribution in [1.82, 2.24) is 5.32 Å². The summed E-state index contributed by atoms with van der Waals surface area (Å²) in [5, 5.41) is 15.2. The van der Waals surface area contributed by atoms with Crippen LogP contribution in [0.1, 0.15) is 35.7 Å². The van der Waals surface area contributed by atoms with Crippen molar-refractivity contribution in [3.05, 3.63) is 59.7 Å². The number of para-hydroxylation sites is 1. The lowest BCUT2D eigenvalue weighted by Gasteiger charge is -2.29. The molecule has 3 aliphatic rings. The van der Waals surface area contributed by atoms with Crippen LogP contribution in [0.15, 0.2) is 48.5 Å². The molecule has 0 aromatic heterocycles. The normalized spacial score (nSPS) is 26.6. The van der Waals surface area contributed by atoms with Crippen LogP contribution in [0.25, 0.3) is 0 Å². The summed E-state index contributed by atoms with van der Waals surface area (Å²) in [4.78, 5) is 65.1. The predicted molar refractivity (Wildman–Crippen MR) is 122 cm³/mol. The second kappa shape index (κ2) is 8.31. The largest absolute Gasteiger partial charge is 0.481 e. The number of fused-ring (bicyclic) bond motifs is 4. The predicted octanol–water partition coefficient (Wildman–Crippen LogP) is 1.65. The highest BCUT2D eigenvalue weighted by Gasteiger charge is 2.70. The fourth-order valence-electron chi connectivity index (χ4n) is 5.50. The lowest BCUT2D eigenvalue weighted by molar-refractivity contribution is -0.137. The van der Waals surface area contributed by atoms with Crippen molar-refractivity contribution in [2.45, 2.75) is 31.3 Å². The third-order valence-electron chi connectivity index (χ3n) is 6.93. The fraction of sp³-hybridized carbons (Fsp3) is 0.320. The van der Waals surface area contributed by atoms with Crippen LogP contribution in [-0.4, -0.2) is 47.4 Å². The van der Waals surface area contributed by atoms with Crippen molar-refractivity contribution < 1.29 is 33.8 Å². The van der Waals surface area contributed by atoms with E-state index in [4.69, 9.17) is 4.74 Å². The molecular weight excluding hydrogens is 454 g/mol. The van der Waals surface area contributed by atoms with Gasteiger partial charge in [-0.05, 0) is 43.7 Å². The average molecular weight is 477 g/mol. The standard InChI is InChI=1S/C25H23N3O7/c1-2-35-23(33)13-7-9-14(10-8-13)28-21(31)19-17(11-12-18(29)30)27-25(20(19)22(28)32)15-5-3-4-6-16(15)26-24(25)34/h3-10,17,19-20,27H,2,11-12H2,1H3,(H,26,34)(H,29,30)/t17-,19-,20-,25-/m0/s1. The van der Waals surface area contributed by atoms with Crippen LogP contribution < -0.4 is 15.5 Å². The number of carbonyl (C=O) groups excluding carboxylic acids is 4. The number of carboxylic acid groups (broad SMARTS) is 1. The summed E-state index contributed by atoms with van der Waals surface area (Å²) in [5.74, 6) is -5.06. The minimum atomic E-state index is -1.49. The molecule has 3 aliphatic heterocycles. The van der Waals surface area contributed by atoms with E-state index in [1.165, 1.54) is 24.3 Å². The van der Waals surface area contributed by atoms with Crippen LogP contribution in [0.4, 0.5) is 11.4 Å². The van der Waals surface area contributed by atoms with Gasteiger partial charge in [0.2, 0.25) is 17.7 Å². The molecule has 0 radical (unpaired) electrons. The highest BCUT2D eigenvalue weighted by Crippen LogP contribution is 2.54. The molecule has 10 heteroatoms. The third-order valence-corrected chi connectivity index (χ3v) is 6.93. The Morgan fingerprint density at radius 2 is 1.77 bits per heavy atom. The van der Waals surface area contributed by atoms with E-state index in [0.29, 0.717) is 11.3 Å². The van der Waals surface area contributed by atoms with Crippen LogP contribution in [0, 0.1) is 11.8 Å². The second-order valence-electron chi connectivity index (χ2n) is 8.77. The second-order valence-corrected chi connectivity index (χ2v) is 8.77. The number of aliphatic carboxylic acids is 1. The van der Waals surface area contributed by atoms with Gasteiger partial charge in [-0.3, -0.25) is 24.5 Å². The third kappa shape index (κ3) is 3.32. The first-order chi connectivity index (χ1) is 16.8. The van der Waals surface area contributed by atoms with Crippen molar-refractivity contribution in [2.75, 3.05) is 16.8 Å². The molecule has 0 unspecified atom stereocenters. The van der Waals surface area contributed by atoms with Gasteiger partial charge in [-0.25, -0.2) is 9.69 Å². The molecule has 2 fully saturated rings.